The molecule has 0 fully saturated rings. The summed E-state index contributed by atoms with van der Waals surface area (Å²) in [5.74, 6) is 0. The second-order valence-electron chi connectivity index (χ2n) is 5.10. The van der Waals surface area contributed by atoms with E-state index >= 15 is 0 Å². The quantitative estimate of drug-likeness (QED) is 0.448. The molecule has 0 aromatic heterocycles. The van der Waals surface area contributed by atoms with E-state index in [1.165, 1.54) is 16.7 Å². The summed E-state index contributed by atoms with van der Waals surface area (Å²) in [7, 11) is 0. The summed E-state index contributed by atoms with van der Waals surface area (Å²) in [5.41, 5.74) is 5.86. The van der Waals surface area contributed by atoms with E-state index in [2.05, 4.69) is 85.8 Å². The van der Waals surface area contributed by atoms with E-state index in [9.17, 15) is 0 Å². The minimum Gasteiger partial charge on any atom is -0.0609 e. The van der Waals surface area contributed by atoms with Crippen LogP contribution >= 0.6 is 0 Å². The van der Waals surface area contributed by atoms with Gasteiger partial charge >= 0.3 is 0 Å². The minimum absolute atomic E-state index is 1.10. The van der Waals surface area contributed by atoms with E-state index in [1.54, 1.807) is 0 Å². The average Bonchev–Trinajstić information content (AvgIpc) is 2.56. The van der Waals surface area contributed by atoms with Crippen molar-refractivity contribution >= 4 is 5.57 Å². The summed E-state index contributed by atoms with van der Waals surface area (Å²) in [4.78, 5) is 0. The molecule has 0 heterocycles. The molecule has 0 amide bonds. The fourth-order valence-electron chi connectivity index (χ4n) is 2.30. The van der Waals surface area contributed by atoms with Gasteiger partial charge in [0.1, 0.15) is 11.1 Å². The summed E-state index contributed by atoms with van der Waals surface area (Å²) < 4.78 is 0. The molecule has 0 heteroatoms. The van der Waals surface area contributed by atoms with Gasteiger partial charge in [0.25, 0.3) is 0 Å². The number of hydrogen-bond donors (Lipinski definition) is 0. The summed E-state index contributed by atoms with van der Waals surface area (Å²) in [6, 6.07) is 29.3. The SMILES string of the molecule is Cc1ccc([C+]=C(c2ccccc2)c2ccccc2)cc1. The van der Waals surface area contributed by atoms with E-state index in [0.717, 1.165) is 11.1 Å². The highest BCUT2D eigenvalue weighted by Gasteiger charge is 2.12. The van der Waals surface area contributed by atoms with Gasteiger partial charge in [-0.3, -0.25) is 0 Å². The van der Waals surface area contributed by atoms with Crippen LogP contribution in [-0.2, 0) is 0 Å². The van der Waals surface area contributed by atoms with E-state index in [4.69, 9.17) is 0 Å². The zero-order chi connectivity index (χ0) is 14.5. The van der Waals surface area contributed by atoms with Crippen LogP contribution in [-0.4, -0.2) is 0 Å². The van der Waals surface area contributed by atoms with Gasteiger partial charge in [-0.05, 0) is 48.9 Å². The molecular weight excluding hydrogens is 252 g/mol. The Labute approximate surface area is 126 Å². The first-order valence-electron chi connectivity index (χ1n) is 7.14. The van der Waals surface area contributed by atoms with Gasteiger partial charge in [0.2, 0.25) is 0 Å². The largest absolute Gasteiger partial charge is 0.137 e. The van der Waals surface area contributed by atoms with Gasteiger partial charge in [0, 0.05) is 18.2 Å². The highest BCUT2D eigenvalue weighted by atomic mass is 14.1. The van der Waals surface area contributed by atoms with Crippen molar-refractivity contribution in [1.82, 2.24) is 0 Å². The van der Waals surface area contributed by atoms with Crippen molar-refractivity contribution in [2.45, 2.75) is 6.92 Å². The first kappa shape index (κ1) is 13.3. The molecule has 3 rings (SSSR count). The molecule has 0 radical (unpaired) electrons. The molecule has 0 saturated heterocycles. The van der Waals surface area contributed by atoms with Crippen molar-refractivity contribution in [3.05, 3.63) is 113 Å². The lowest BCUT2D eigenvalue weighted by Crippen LogP contribution is -1.89. The summed E-state index contributed by atoms with van der Waals surface area (Å²) >= 11 is 0. The van der Waals surface area contributed by atoms with Crippen LogP contribution in [0.2, 0.25) is 0 Å². The zero-order valence-electron chi connectivity index (χ0n) is 12.1. The van der Waals surface area contributed by atoms with E-state index in [0.29, 0.717) is 0 Å². The minimum atomic E-state index is 1.10. The maximum absolute atomic E-state index is 3.56. The van der Waals surface area contributed by atoms with Crippen LogP contribution in [0.3, 0.4) is 0 Å². The van der Waals surface area contributed by atoms with Crippen LogP contribution in [0, 0.1) is 13.0 Å². The lowest BCUT2D eigenvalue weighted by molar-refractivity contribution is 1.43. The van der Waals surface area contributed by atoms with Gasteiger partial charge in [-0.1, -0.05) is 36.4 Å². The fourth-order valence-corrected chi connectivity index (χ4v) is 2.30. The van der Waals surface area contributed by atoms with Crippen LogP contribution in [0.15, 0.2) is 84.9 Å². The van der Waals surface area contributed by atoms with Gasteiger partial charge in [-0.15, -0.1) is 0 Å². The van der Waals surface area contributed by atoms with Gasteiger partial charge in [0.05, 0.1) is 11.1 Å². The number of rotatable bonds is 3. The molecule has 0 aliphatic heterocycles. The first-order valence-corrected chi connectivity index (χ1v) is 7.14. The lowest BCUT2D eigenvalue weighted by atomic mass is 9.95. The number of hydrogen-bond acceptors (Lipinski definition) is 0. The molecule has 0 atom stereocenters. The van der Waals surface area contributed by atoms with Crippen LogP contribution in [0.25, 0.3) is 5.57 Å². The molecule has 0 aliphatic rings. The van der Waals surface area contributed by atoms with Crippen molar-refractivity contribution in [2.75, 3.05) is 0 Å². The Morgan fingerprint density at radius 1 is 0.619 bits per heavy atom. The van der Waals surface area contributed by atoms with Crippen LogP contribution in [0.4, 0.5) is 0 Å². The number of benzene rings is 3. The van der Waals surface area contributed by atoms with Crippen molar-refractivity contribution < 1.29 is 0 Å². The fraction of sp³-hybridized carbons (Fsp3) is 0.0476. The van der Waals surface area contributed by atoms with Gasteiger partial charge in [-0.2, -0.15) is 0 Å². The van der Waals surface area contributed by atoms with E-state index < -0.39 is 0 Å². The highest BCUT2D eigenvalue weighted by molar-refractivity contribution is 5.79. The third-order valence-electron chi connectivity index (χ3n) is 3.45. The third kappa shape index (κ3) is 3.25. The monoisotopic (exact) mass is 269 g/mol. The molecule has 0 bridgehead atoms. The molecule has 0 unspecified atom stereocenters. The predicted octanol–water partition coefficient (Wildman–Crippen LogP) is 5.28. The number of aryl methyl sites for hydroxylation is 1. The molecule has 3 aromatic rings. The molecule has 0 N–H and O–H groups in total. The van der Waals surface area contributed by atoms with Crippen LogP contribution < -0.4 is 0 Å². The molecule has 3 aromatic carbocycles. The maximum atomic E-state index is 3.56. The Morgan fingerprint density at radius 3 is 1.57 bits per heavy atom. The van der Waals surface area contributed by atoms with Crippen LogP contribution in [0.5, 0.6) is 0 Å². The first-order chi connectivity index (χ1) is 10.3. The smallest absolute Gasteiger partial charge is 0.0609 e. The molecule has 0 spiro atoms. The lowest BCUT2D eigenvalue weighted by Gasteiger charge is -2.01. The highest BCUT2D eigenvalue weighted by Crippen LogP contribution is 2.24. The summed E-state index contributed by atoms with van der Waals surface area (Å²) in [5, 5.41) is 0. The van der Waals surface area contributed by atoms with Crippen LogP contribution in [0.1, 0.15) is 22.3 Å². The van der Waals surface area contributed by atoms with Crippen molar-refractivity contribution in [3.63, 3.8) is 0 Å². The van der Waals surface area contributed by atoms with Crippen molar-refractivity contribution in [3.8, 4) is 0 Å². The molecular formula is C21H17+. The Balaban J connectivity index is 2.10. The van der Waals surface area contributed by atoms with Crippen molar-refractivity contribution in [1.29, 1.82) is 0 Å². The Morgan fingerprint density at radius 2 is 1.10 bits per heavy atom. The standard InChI is InChI=1S/C21H17/c1-17-12-14-18(15-13-17)16-21(19-8-4-2-5-9-19)20-10-6-3-7-11-20/h2-15H,1H3/q+1. The molecule has 0 saturated carbocycles. The zero-order valence-corrected chi connectivity index (χ0v) is 12.1. The second-order valence-corrected chi connectivity index (χ2v) is 5.10. The van der Waals surface area contributed by atoms with E-state index in [1.807, 2.05) is 12.1 Å². The topological polar surface area (TPSA) is 0 Å². The molecule has 0 aliphatic carbocycles. The van der Waals surface area contributed by atoms with Gasteiger partial charge in [-0.25, -0.2) is 0 Å². The molecule has 21 heavy (non-hydrogen) atoms. The Kier molecular flexibility index (Phi) is 3.91. The van der Waals surface area contributed by atoms with Gasteiger partial charge < -0.3 is 0 Å². The Hall–Kier alpha value is -2.69. The molecule has 100 valence electrons. The molecule has 0 nitrogen and oxygen atoms in total. The van der Waals surface area contributed by atoms with Crippen molar-refractivity contribution in [2.24, 2.45) is 0 Å². The maximum Gasteiger partial charge on any atom is 0.137 e. The predicted molar refractivity (Wildman–Crippen MR) is 88.9 cm³/mol. The van der Waals surface area contributed by atoms with E-state index in [-0.39, 0.29) is 0 Å². The van der Waals surface area contributed by atoms with Gasteiger partial charge in [0.15, 0.2) is 0 Å². The second kappa shape index (κ2) is 6.17. The third-order valence-corrected chi connectivity index (χ3v) is 3.45. The Bertz CT molecular complexity index is 679. The summed E-state index contributed by atoms with van der Waals surface area (Å²) in [6.07, 6.45) is 3.56. The average molecular weight is 269 g/mol. The summed E-state index contributed by atoms with van der Waals surface area (Å²) in [6.45, 7) is 2.10. The normalized spacial score (nSPS) is 9.95.